The summed E-state index contributed by atoms with van der Waals surface area (Å²) >= 11 is 0. The number of methoxy groups -OCH3 is 2. The molecule has 1 aromatic rings. The van der Waals surface area contributed by atoms with Crippen molar-refractivity contribution in [3.05, 3.63) is 18.2 Å². The summed E-state index contributed by atoms with van der Waals surface area (Å²) in [5.74, 6) is 2.02. The second-order valence-corrected chi connectivity index (χ2v) is 8.17. The number of nitrogens with one attached hydrogen (secondary N) is 2. The monoisotopic (exact) mass is 358 g/mol. The predicted octanol–water partition coefficient (Wildman–Crippen LogP) is 2.73. The van der Waals surface area contributed by atoms with E-state index in [9.17, 15) is 9.59 Å². The molecule has 0 spiro atoms. The topological polar surface area (TPSA) is 76.7 Å². The van der Waals surface area contributed by atoms with E-state index in [0.717, 1.165) is 19.3 Å². The van der Waals surface area contributed by atoms with Gasteiger partial charge in [0.05, 0.1) is 19.9 Å². The van der Waals surface area contributed by atoms with Gasteiger partial charge in [-0.25, -0.2) is 0 Å². The first-order valence-electron chi connectivity index (χ1n) is 9.36. The molecule has 140 valence electrons. The zero-order valence-electron chi connectivity index (χ0n) is 15.3. The van der Waals surface area contributed by atoms with Crippen molar-refractivity contribution in [2.45, 2.75) is 44.1 Å². The van der Waals surface area contributed by atoms with Gasteiger partial charge in [0.1, 0.15) is 11.5 Å². The molecule has 26 heavy (non-hydrogen) atoms. The Morgan fingerprint density at radius 3 is 2.12 bits per heavy atom. The zero-order chi connectivity index (χ0) is 18.3. The molecule has 4 aliphatic carbocycles. The summed E-state index contributed by atoms with van der Waals surface area (Å²) in [7, 11) is 3.08. The van der Waals surface area contributed by atoms with Crippen LogP contribution < -0.4 is 20.1 Å². The van der Waals surface area contributed by atoms with Gasteiger partial charge in [0, 0.05) is 11.6 Å². The van der Waals surface area contributed by atoms with Crippen LogP contribution in [0.2, 0.25) is 0 Å². The van der Waals surface area contributed by atoms with E-state index in [1.807, 2.05) is 0 Å². The Bertz CT molecular complexity index is 695. The van der Waals surface area contributed by atoms with Crippen molar-refractivity contribution in [3.8, 4) is 11.5 Å². The minimum absolute atomic E-state index is 0.173. The van der Waals surface area contributed by atoms with E-state index in [4.69, 9.17) is 9.47 Å². The van der Waals surface area contributed by atoms with Gasteiger partial charge >= 0.3 is 11.8 Å². The molecule has 2 amide bonds. The van der Waals surface area contributed by atoms with Crippen LogP contribution in [0.15, 0.2) is 18.2 Å². The van der Waals surface area contributed by atoms with Gasteiger partial charge in [-0.1, -0.05) is 0 Å². The van der Waals surface area contributed by atoms with Crippen LogP contribution in [0, 0.1) is 17.8 Å². The molecule has 0 saturated heterocycles. The number of rotatable bonds is 4. The quantitative estimate of drug-likeness (QED) is 0.812. The van der Waals surface area contributed by atoms with E-state index < -0.39 is 11.8 Å². The second-order valence-electron chi connectivity index (χ2n) is 8.17. The third-order valence-corrected chi connectivity index (χ3v) is 6.28. The maximum atomic E-state index is 12.6. The lowest BCUT2D eigenvalue weighted by molar-refractivity contribution is -0.139. The molecule has 4 fully saturated rings. The Hall–Kier alpha value is -2.24. The molecule has 0 radical (unpaired) electrons. The van der Waals surface area contributed by atoms with Crippen LogP contribution >= 0.6 is 0 Å². The third kappa shape index (κ3) is 3.13. The lowest BCUT2D eigenvalue weighted by Gasteiger charge is -2.56. The highest BCUT2D eigenvalue weighted by atomic mass is 16.5. The number of benzene rings is 1. The Balaban J connectivity index is 1.43. The summed E-state index contributed by atoms with van der Waals surface area (Å²) in [5, 5.41) is 5.75. The lowest BCUT2D eigenvalue weighted by atomic mass is 9.53. The SMILES string of the molecule is COc1ccc(NC(=O)C(=O)NC23CC4CC(CC(C4)C2)C3)c(OC)c1. The molecule has 4 aliphatic rings. The fourth-order valence-electron chi connectivity index (χ4n) is 5.64. The van der Waals surface area contributed by atoms with Gasteiger partial charge in [0.2, 0.25) is 0 Å². The second kappa shape index (κ2) is 6.49. The summed E-state index contributed by atoms with van der Waals surface area (Å²) in [6.07, 6.45) is 6.94. The average molecular weight is 358 g/mol. The minimum Gasteiger partial charge on any atom is -0.497 e. The molecule has 4 saturated carbocycles. The standard InChI is InChI=1S/C20H26N2O4/c1-25-15-3-4-16(17(8-15)26-2)21-18(23)19(24)22-20-9-12-5-13(10-20)7-14(6-12)11-20/h3-4,8,12-14H,5-7,9-11H2,1-2H3,(H,21,23)(H,22,24). The molecule has 0 aromatic heterocycles. The van der Waals surface area contributed by atoms with Crippen LogP contribution in [0.3, 0.4) is 0 Å². The first kappa shape index (κ1) is 17.2. The Morgan fingerprint density at radius 2 is 1.58 bits per heavy atom. The van der Waals surface area contributed by atoms with Gasteiger partial charge in [-0.15, -0.1) is 0 Å². The Labute approximate surface area is 153 Å². The smallest absolute Gasteiger partial charge is 0.313 e. The fraction of sp³-hybridized carbons (Fsp3) is 0.600. The van der Waals surface area contributed by atoms with Gasteiger partial charge < -0.3 is 20.1 Å². The summed E-state index contributed by atoms with van der Waals surface area (Å²) in [5.41, 5.74) is 0.284. The van der Waals surface area contributed by atoms with Crippen molar-refractivity contribution < 1.29 is 19.1 Å². The van der Waals surface area contributed by atoms with Crippen molar-refractivity contribution in [1.29, 1.82) is 0 Å². The van der Waals surface area contributed by atoms with Crippen molar-refractivity contribution >= 4 is 17.5 Å². The molecular weight excluding hydrogens is 332 g/mol. The number of ether oxygens (including phenoxy) is 2. The minimum atomic E-state index is -0.649. The highest BCUT2D eigenvalue weighted by Crippen LogP contribution is 2.55. The molecule has 6 heteroatoms. The van der Waals surface area contributed by atoms with Gasteiger partial charge in [-0.2, -0.15) is 0 Å². The van der Waals surface area contributed by atoms with Crippen LogP contribution in [0.25, 0.3) is 0 Å². The molecule has 0 unspecified atom stereocenters. The normalized spacial score (nSPS) is 31.4. The van der Waals surface area contributed by atoms with E-state index in [1.54, 1.807) is 25.3 Å². The number of hydrogen-bond acceptors (Lipinski definition) is 4. The van der Waals surface area contributed by atoms with Crippen molar-refractivity contribution in [2.24, 2.45) is 17.8 Å². The van der Waals surface area contributed by atoms with Crippen LogP contribution in [0.1, 0.15) is 38.5 Å². The number of carbonyl (C=O) groups excluding carboxylic acids is 2. The van der Waals surface area contributed by atoms with E-state index in [0.29, 0.717) is 34.9 Å². The van der Waals surface area contributed by atoms with E-state index in [2.05, 4.69) is 10.6 Å². The highest BCUT2D eigenvalue weighted by molar-refractivity contribution is 6.40. The summed E-state index contributed by atoms with van der Waals surface area (Å²) < 4.78 is 10.4. The summed E-state index contributed by atoms with van der Waals surface area (Å²) in [4.78, 5) is 25.0. The van der Waals surface area contributed by atoms with Crippen LogP contribution in [0.4, 0.5) is 5.69 Å². The molecule has 4 bridgehead atoms. The van der Waals surface area contributed by atoms with Gasteiger partial charge in [0.15, 0.2) is 0 Å². The molecule has 5 rings (SSSR count). The first-order valence-corrected chi connectivity index (χ1v) is 9.36. The van der Waals surface area contributed by atoms with Crippen molar-refractivity contribution in [2.75, 3.05) is 19.5 Å². The third-order valence-electron chi connectivity index (χ3n) is 6.28. The highest BCUT2D eigenvalue weighted by Gasteiger charge is 2.51. The maximum absolute atomic E-state index is 12.6. The zero-order valence-corrected chi connectivity index (χ0v) is 15.3. The first-order chi connectivity index (χ1) is 12.5. The lowest BCUT2D eigenvalue weighted by Crippen LogP contribution is -2.61. The van der Waals surface area contributed by atoms with Crippen molar-refractivity contribution in [3.63, 3.8) is 0 Å². The van der Waals surface area contributed by atoms with Crippen molar-refractivity contribution in [1.82, 2.24) is 5.32 Å². The molecular formula is C20H26N2O4. The molecule has 0 heterocycles. The van der Waals surface area contributed by atoms with Gasteiger partial charge in [-0.3, -0.25) is 9.59 Å². The number of anilines is 1. The van der Waals surface area contributed by atoms with E-state index in [-0.39, 0.29) is 5.54 Å². The van der Waals surface area contributed by atoms with E-state index in [1.165, 1.54) is 26.4 Å². The average Bonchev–Trinajstić information content (AvgIpc) is 2.60. The van der Waals surface area contributed by atoms with Gasteiger partial charge in [-0.05, 0) is 68.4 Å². The number of hydrogen-bond donors (Lipinski definition) is 2. The fourth-order valence-corrected chi connectivity index (χ4v) is 5.64. The number of amides is 2. The molecule has 0 aliphatic heterocycles. The van der Waals surface area contributed by atoms with Gasteiger partial charge in [0.25, 0.3) is 0 Å². The molecule has 6 nitrogen and oxygen atoms in total. The van der Waals surface area contributed by atoms with Crippen LogP contribution in [-0.4, -0.2) is 31.6 Å². The Kier molecular flexibility index (Phi) is 4.29. The predicted molar refractivity (Wildman–Crippen MR) is 97.2 cm³/mol. The summed E-state index contributed by atoms with van der Waals surface area (Å²) in [6.45, 7) is 0. The molecule has 2 N–H and O–H groups in total. The Morgan fingerprint density at radius 1 is 0.962 bits per heavy atom. The maximum Gasteiger partial charge on any atom is 0.313 e. The largest absolute Gasteiger partial charge is 0.497 e. The molecule has 1 aromatic carbocycles. The number of carbonyl (C=O) groups is 2. The van der Waals surface area contributed by atoms with Crippen LogP contribution in [-0.2, 0) is 9.59 Å². The van der Waals surface area contributed by atoms with E-state index >= 15 is 0 Å². The van der Waals surface area contributed by atoms with Crippen LogP contribution in [0.5, 0.6) is 11.5 Å². The molecule has 0 atom stereocenters. The summed E-state index contributed by atoms with van der Waals surface area (Å²) in [6, 6.07) is 5.06.